The van der Waals surface area contributed by atoms with Gasteiger partial charge in [0, 0.05) is 30.4 Å². The van der Waals surface area contributed by atoms with Gasteiger partial charge in [-0.1, -0.05) is 37.6 Å². The van der Waals surface area contributed by atoms with E-state index in [0.29, 0.717) is 5.95 Å². The van der Waals surface area contributed by atoms with Crippen molar-refractivity contribution in [3.05, 3.63) is 70.1 Å². The fourth-order valence-corrected chi connectivity index (χ4v) is 4.89. The Kier molecular flexibility index (Phi) is 5.22. The highest BCUT2D eigenvalue weighted by Crippen LogP contribution is 2.36. The second-order valence-corrected chi connectivity index (χ2v) is 9.45. The van der Waals surface area contributed by atoms with Gasteiger partial charge in [0.25, 0.3) is 5.91 Å². The Bertz CT molecular complexity index is 1250. The third kappa shape index (κ3) is 3.89. The lowest BCUT2D eigenvalue weighted by atomic mass is 9.78. The number of anilines is 3. The quantitative estimate of drug-likeness (QED) is 0.600. The summed E-state index contributed by atoms with van der Waals surface area (Å²) in [6, 6.07) is 10.5. The minimum atomic E-state index is -0.608. The normalized spacial score (nSPS) is 17.2. The summed E-state index contributed by atoms with van der Waals surface area (Å²) >= 11 is 6.11. The van der Waals surface area contributed by atoms with E-state index in [1.165, 1.54) is 35.5 Å². The van der Waals surface area contributed by atoms with Crippen molar-refractivity contribution in [1.82, 2.24) is 14.9 Å². The minimum absolute atomic E-state index is 0.0287. The summed E-state index contributed by atoms with van der Waals surface area (Å²) in [5.41, 5.74) is 3.61. The largest absolute Gasteiger partial charge is 0.455 e. The average molecular weight is 468 g/mol. The smallest absolute Gasteiger partial charge is 0.268 e. The van der Waals surface area contributed by atoms with Crippen molar-refractivity contribution in [2.45, 2.75) is 25.8 Å². The maximum atomic E-state index is 14.3. The Morgan fingerprint density at radius 1 is 1.24 bits per heavy atom. The van der Waals surface area contributed by atoms with Gasteiger partial charge in [-0.2, -0.15) is 4.98 Å². The summed E-state index contributed by atoms with van der Waals surface area (Å²) in [5.74, 6) is -0.639. The van der Waals surface area contributed by atoms with Crippen LogP contribution >= 0.6 is 11.6 Å². The van der Waals surface area contributed by atoms with Crippen LogP contribution in [0, 0.1) is 5.82 Å². The fraction of sp³-hybridized carbons (Fsp3) is 0.292. The van der Waals surface area contributed by atoms with E-state index < -0.39 is 11.7 Å². The number of hydrogen-bond acceptors (Lipinski definition) is 6. The van der Waals surface area contributed by atoms with E-state index in [4.69, 9.17) is 16.3 Å². The van der Waals surface area contributed by atoms with Crippen LogP contribution in [0.3, 0.4) is 0 Å². The highest BCUT2D eigenvalue weighted by Gasteiger charge is 2.32. The Labute approximate surface area is 196 Å². The van der Waals surface area contributed by atoms with E-state index in [9.17, 15) is 9.18 Å². The second-order valence-electron chi connectivity index (χ2n) is 9.04. The molecule has 3 aromatic rings. The summed E-state index contributed by atoms with van der Waals surface area (Å²) < 4.78 is 20.0. The zero-order chi connectivity index (χ0) is 23.3. The lowest BCUT2D eigenvalue weighted by Crippen LogP contribution is -2.40. The first-order valence-electron chi connectivity index (χ1n) is 10.6. The first-order chi connectivity index (χ1) is 15.7. The molecule has 0 spiro atoms. The van der Waals surface area contributed by atoms with Crippen LogP contribution in [0.15, 0.2) is 42.6 Å². The van der Waals surface area contributed by atoms with E-state index >= 15 is 0 Å². The number of amides is 1. The van der Waals surface area contributed by atoms with Crippen molar-refractivity contribution in [3.63, 3.8) is 0 Å². The van der Waals surface area contributed by atoms with Crippen LogP contribution in [0.1, 0.15) is 35.3 Å². The molecule has 1 N–H and O–H groups in total. The Morgan fingerprint density at radius 2 is 2.06 bits per heavy atom. The molecule has 2 aliphatic rings. The molecule has 3 heterocycles. The number of rotatable bonds is 3. The molecule has 0 saturated heterocycles. The molecule has 9 heteroatoms. The first-order valence-corrected chi connectivity index (χ1v) is 11.0. The maximum absolute atomic E-state index is 14.3. The summed E-state index contributed by atoms with van der Waals surface area (Å²) in [7, 11) is 2.11. The van der Waals surface area contributed by atoms with Crippen LogP contribution in [0.4, 0.5) is 21.7 Å². The number of likely N-dealkylation sites (N-methyl/N-ethyl adjacent to an activating group) is 1. The molecular weight excluding hydrogens is 445 g/mol. The van der Waals surface area contributed by atoms with Crippen molar-refractivity contribution in [1.29, 1.82) is 0 Å². The van der Waals surface area contributed by atoms with Gasteiger partial charge < -0.3 is 15.0 Å². The van der Waals surface area contributed by atoms with E-state index in [0.717, 1.165) is 23.7 Å². The number of benzene rings is 2. The van der Waals surface area contributed by atoms with Crippen LogP contribution in [-0.4, -0.2) is 41.1 Å². The summed E-state index contributed by atoms with van der Waals surface area (Å²) in [6.07, 6.45) is 1.38. The number of carbonyl (C=O) groups excluding carboxylic acids is 1. The minimum Gasteiger partial charge on any atom is -0.455 e. The van der Waals surface area contributed by atoms with Crippen molar-refractivity contribution in [3.8, 4) is 5.88 Å². The molecule has 0 aliphatic carbocycles. The zero-order valence-corrected chi connectivity index (χ0v) is 19.3. The maximum Gasteiger partial charge on any atom is 0.268 e. The Hall–Kier alpha value is -3.23. The number of fused-ring (bicyclic) bond motifs is 2. The molecule has 5 rings (SSSR count). The zero-order valence-electron chi connectivity index (χ0n) is 18.5. The van der Waals surface area contributed by atoms with Crippen molar-refractivity contribution in [2.75, 3.05) is 30.5 Å². The molecule has 0 bridgehead atoms. The van der Waals surface area contributed by atoms with Gasteiger partial charge in [-0.15, -0.1) is 0 Å². The highest BCUT2D eigenvalue weighted by atomic mass is 35.5. The molecule has 170 valence electrons. The molecule has 2 aromatic carbocycles. The highest BCUT2D eigenvalue weighted by molar-refractivity contribution is 6.34. The molecule has 0 fully saturated rings. The van der Waals surface area contributed by atoms with Gasteiger partial charge in [-0.05, 0) is 42.4 Å². The number of nitrogens with zero attached hydrogens (tertiary/aromatic N) is 4. The van der Waals surface area contributed by atoms with Gasteiger partial charge in [0.05, 0.1) is 5.02 Å². The van der Waals surface area contributed by atoms with Crippen molar-refractivity contribution in [2.24, 2.45) is 0 Å². The van der Waals surface area contributed by atoms with E-state index in [1.807, 2.05) is 6.07 Å². The topological polar surface area (TPSA) is 70.6 Å². The number of halogens is 2. The number of para-hydroxylation sites is 1. The number of nitrogens with one attached hydrogen (secondary N) is 1. The van der Waals surface area contributed by atoms with Crippen LogP contribution < -0.4 is 15.0 Å². The van der Waals surface area contributed by atoms with Crippen LogP contribution in [0.5, 0.6) is 5.88 Å². The third-order valence-corrected chi connectivity index (χ3v) is 6.27. The number of carbonyl (C=O) groups is 1. The predicted molar refractivity (Wildman–Crippen MR) is 125 cm³/mol. The van der Waals surface area contributed by atoms with Gasteiger partial charge >= 0.3 is 0 Å². The van der Waals surface area contributed by atoms with E-state index in [2.05, 4.69) is 53.2 Å². The standard InChI is InChI=1S/C24H23ClFN5O2/c1-24(2)12-30(3)11-14-9-15(7-8-17(14)24)28-23-27-10-16-21(29-23)33-13-31(22(16)32)20-18(25)5-4-6-19(20)26/h4-10H,11-13H2,1-3H3,(H,27,28,29). The fourth-order valence-electron chi connectivity index (χ4n) is 4.62. The predicted octanol–water partition coefficient (Wildman–Crippen LogP) is 4.73. The molecule has 0 atom stereocenters. The van der Waals surface area contributed by atoms with Crippen LogP contribution in [0.25, 0.3) is 0 Å². The van der Waals surface area contributed by atoms with E-state index in [1.54, 1.807) is 0 Å². The molecule has 1 amide bonds. The van der Waals surface area contributed by atoms with Gasteiger partial charge in [0.1, 0.15) is 17.1 Å². The molecule has 0 unspecified atom stereocenters. The van der Waals surface area contributed by atoms with Gasteiger partial charge in [-0.3, -0.25) is 9.69 Å². The van der Waals surface area contributed by atoms with Crippen molar-refractivity contribution < 1.29 is 13.9 Å². The monoisotopic (exact) mass is 467 g/mol. The van der Waals surface area contributed by atoms with Gasteiger partial charge in [0.15, 0.2) is 6.73 Å². The number of ether oxygens (including phenoxy) is 1. The Balaban J connectivity index is 1.40. The molecule has 7 nitrogen and oxygen atoms in total. The number of hydrogen-bond donors (Lipinski definition) is 1. The van der Waals surface area contributed by atoms with Crippen molar-refractivity contribution >= 4 is 34.8 Å². The number of aromatic nitrogens is 2. The lowest BCUT2D eigenvalue weighted by molar-refractivity contribution is 0.0931. The second kappa shape index (κ2) is 7.97. The van der Waals surface area contributed by atoms with Gasteiger partial charge in [0.2, 0.25) is 11.8 Å². The van der Waals surface area contributed by atoms with E-state index in [-0.39, 0.29) is 34.3 Å². The lowest BCUT2D eigenvalue weighted by Gasteiger charge is -2.38. The van der Waals surface area contributed by atoms with Gasteiger partial charge in [-0.25, -0.2) is 9.37 Å². The molecule has 2 aliphatic heterocycles. The molecule has 0 saturated carbocycles. The summed E-state index contributed by atoms with van der Waals surface area (Å²) in [5, 5.41) is 3.32. The summed E-state index contributed by atoms with van der Waals surface area (Å²) in [4.78, 5) is 25.0. The summed E-state index contributed by atoms with van der Waals surface area (Å²) in [6.45, 7) is 6.15. The van der Waals surface area contributed by atoms with Crippen LogP contribution in [-0.2, 0) is 12.0 Å². The first kappa shape index (κ1) is 21.6. The molecule has 33 heavy (non-hydrogen) atoms. The molecular formula is C24H23ClFN5O2. The third-order valence-electron chi connectivity index (χ3n) is 5.96. The Morgan fingerprint density at radius 3 is 2.85 bits per heavy atom. The molecule has 1 aromatic heterocycles. The van der Waals surface area contributed by atoms with Crippen LogP contribution in [0.2, 0.25) is 5.02 Å². The molecule has 0 radical (unpaired) electrons. The SMILES string of the molecule is CN1Cc2cc(Nc3ncc4c(n3)OCN(c3c(F)cccc3Cl)C4=O)ccc2C(C)(C)C1. The average Bonchev–Trinajstić information content (AvgIpc) is 2.74.